The molecule has 0 aromatic rings. The second-order valence-electron chi connectivity index (χ2n) is 4.03. The Balaban J connectivity index is 4.00. The number of rotatable bonds is 7. The maximum Gasteiger partial charge on any atom is 0.391 e. The highest BCUT2D eigenvalue weighted by molar-refractivity contribution is 5.74. The average Bonchev–Trinajstić information content (AvgIpc) is 2.20. The normalized spacial score (nSPS) is 14.6. The van der Waals surface area contributed by atoms with Gasteiger partial charge in [0, 0.05) is 19.7 Å². The lowest BCUT2D eigenvalue weighted by Gasteiger charge is -2.18. The van der Waals surface area contributed by atoms with Gasteiger partial charge in [0.05, 0.1) is 18.9 Å². The van der Waals surface area contributed by atoms with Crippen molar-refractivity contribution in [2.75, 3.05) is 13.7 Å². The standard InChI is InChI=1S/C10H17F3N2O4/c1-6(4-10(11,12)13)15-9(18)14-5-7(19-2)3-8(16)17/h6-7H,3-5H2,1-2H3,(H,16,17)(H2,14,15,18). The molecule has 0 aliphatic carbocycles. The Hall–Kier alpha value is -1.51. The van der Waals surface area contributed by atoms with Crippen LogP contribution in [-0.4, -0.2) is 49.1 Å². The number of halogens is 3. The van der Waals surface area contributed by atoms with E-state index in [4.69, 9.17) is 9.84 Å². The largest absolute Gasteiger partial charge is 0.481 e. The van der Waals surface area contributed by atoms with Crippen LogP contribution in [0.15, 0.2) is 0 Å². The molecule has 0 aromatic carbocycles. The fraction of sp³-hybridized carbons (Fsp3) is 0.800. The van der Waals surface area contributed by atoms with E-state index in [1.54, 1.807) is 0 Å². The minimum Gasteiger partial charge on any atom is -0.481 e. The first kappa shape index (κ1) is 17.5. The monoisotopic (exact) mass is 286 g/mol. The van der Waals surface area contributed by atoms with Crippen LogP contribution < -0.4 is 10.6 Å². The Morgan fingerprint density at radius 1 is 1.37 bits per heavy atom. The molecule has 2 atom stereocenters. The van der Waals surface area contributed by atoms with Crippen molar-refractivity contribution in [3.63, 3.8) is 0 Å². The summed E-state index contributed by atoms with van der Waals surface area (Å²) >= 11 is 0. The van der Waals surface area contributed by atoms with Gasteiger partial charge in [-0.2, -0.15) is 13.2 Å². The van der Waals surface area contributed by atoms with Crippen LogP contribution in [-0.2, 0) is 9.53 Å². The molecule has 0 radical (unpaired) electrons. The summed E-state index contributed by atoms with van der Waals surface area (Å²) in [6.45, 7) is 1.12. The van der Waals surface area contributed by atoms with E-state index in [2.05, 4.69) is 10.6 Å². The van der Waals surface area contributed by atoms with Crippen LogP contribution in [0.3, 0.4) is 0 Å². The molecule has 0 bridgehead atoms. The summed E-state index contributed by atoms with van der Waals surface area (Å²) in [6.07, 6.45) is -6.54. The van der Waals surface area contributed by atoms with Gasteiger partial charge in [-0.25, -0.2) is 4.79 Å². The number of carbonyl (C=O) groups is 2. The number of hydrogen-bond acceptors (Lipinski definition) is 3. The van der Waals surface area contributed by atoms with Gasteiger partial charge in [-0.3, -0.25) is 4.79 Å². The minimum atomic E-state index is -4.36. The first-order valence-corrected chi connectivity index (χ1v) is 5.49. The predicted molar refractivity (Wildman–Crippen MR) is 59.7 cm³/mol. The van der Waals surface area contributed by atoms with Crippen molar-refractivity contribution >= 4 is 12.0 Å². The number of alkyl halides is 3. The maximum absolute atomic E-state index is 12.0. The van der Waals surface area contributed by atoms with Gasteiger partial charge in [-0.1, -0.05) is 0 Å². The maximum atomic E-state index is 12.0. The molecule has 0 fully saturated rings. The smallest absolute Gasteiger partial charge is 0.391 e. The summed E-state index contributed by atoms with van der Waals surface area (Å²) in [5, 5.41) is 12.9. The minimum absolute atomic E-state index is 0.104. The lowest BCUT2D eigenvalue weighted by atomic mass is 10.2. The van der Waals surface area contributed by atoms with Crippen LogP contribution in [0.25, 0.3) is 0 Å². The van der Waals surface area contributed by atoms with Gasteiger partial charge in [0.15, 0.2) is 0 Å². The summed E-state index contributed by atoms with van der Waals surface area (Å²) in [5.74, 6) is -1.10. The molecular weight excluding hydrogens is 269 g/mol. The number of hydrogen-bond donors (Lipinski definition) is 3. The number of nitrogens with one attached hydrogen (secondary N) is 2. The molecule has 0 heterocycles. The van der Waals surface area contributed by atoms with E-state index in [-0.39, 0.29) is 13.0 Å². The molecule has 112 valence electrons. The molecule has 0 aromatic heterocycles. The summed E-state index contributed by atoms with van der Waals surface area (Å²) in [6, 6.07) is -1.87. The molecule has 19 heavy (non-hydrogen) atoms. The Labute approximate surface area is 108 Å². The summed E-state index contributed by atoms with van der Waals surface area (Å²) in [4.78, 5) is 21.7. The van der Waals surface area contributed by atoms with Crippen molar-refractivity contribution in [1.82, 2.24) is 10.6 Å². The molecule has 9 heteroatoms. The van der Waals surface area contributed by atoms with E-state index in [0.717, 1.165) is 0 Å². The zero-order chi connectivity index (χ0) is 15.1. The van der Waals surface area contributed by atoms with Crippen molar-refractivity contribution in [3.05, 3.63) is 0 Å². The SMILES string of the molecule is COC(CNC(=O)NC(C)CC(F)(F)F)CC(=O)O. The number of carboxylic acids is 1. The van der Waals surface area contributed by atoms with Crippen molar-refractivity contribution < 1.29 is 32.6 Å². The fourth-order valence-corrected chi connectivity index (χ4v) is 1.31. The fourth-order valence-electron chi connectivity index (χ4n) is 1.31. The average molecular weight is 286 g/mol. The number of ether oxygens (including phenoxy) is 1. The Bertz CT molecular complexity index is 310. The first-order valence-electron chi connectivity index (χ1n) is 5.49. The Morgan fingerprint density at radius 2 is 1.95 bits per heavy atom. The van der Waals surface area contributed by atoms with Crippen molar-refractivity contribution in [3.8, 4) is 0 Å². The zero-order valence-corrected chi connectivity index (χ0v) is 10.6. The van der Waals surface area contributed by atoms with Crippen LogP contribution in [0.2, 0.25) is 0 Å². The molecule has 2 amide bonds. The van der Waals surface area contributed by atoms with Gasteiger partial charge in [0.2, 0.25) is 0 Å². The van der Waals surface area contributed by atoms with E-state index in [0.29, 0.717) is 0 Å². The topological polar surface area (TPSA) is 87.7 Å². The third-order valence-corrected chi connectivity index (χ3v) is 2.14. The second-order valence-corrected chi connectivity index (χ2v) is 4.03. The first-order chi connectivity index (χ1) is 8.64. The highest BCUT2D eigenvalue weighted by Crippen LogP contribution is 2.21. The quantitative estimate of drug-likeness (QED) is 0.654. The van der Waals surface area contributed by atoms with Crippen LogP contribution >= 0.6 is 0 Å². The van der Waals surface area contributed by atoms with Crippen molar-refractivity contribution in [2.45, 2.75) is 38.1 Å². The molecule has 3 N–H and O–H groups in total. The molecule has 0 saturated heterocycles. The Morgan fingerprint density at radius 3 is 2.37 bits per heavy atom. The lowest BCUT2D eigenvalue weighted by Crippen LogP contribution is -2.45. The van der Waals surface area contributed by atoms with Gasteiger partial charge < -0.3 is 20.5 Å². The van der Waals surface area contributed by atoms with Crippen LogP contribution in [0, 0.1) is 0 Å². The summed E-state index contributed by atoms with van der Waals surface area (Å²) in [7, 11) is 1.28. The number of methoxy groups -OCH3 is 1. The zero-order valence-electron chi connectivity index (χ0n) is 10.6. The number of aliphatic carboxylic acids is 1. The molecular formula is C10H17F3N2O4. The number of carbonyl (C=O) groups excluding carboxylic acids is 1. The van der Waals surface area contributed by atoms with Crippen LogP contribution in [0.5, 0.6) is 0 Å². The van der Waals surface area contributed by atoms with Crippen LogP contribution in [0.4, 0.5) is 18.0 Å². The lowest BCUT2D eigenvalue weighted by molar-refractivity contribution is -0.140. The summed E-state index contributed by atoms with van der Waals surface area (Å²) in [5.41, 5.74) is 0. The molecule has 0 saturated carbocycles. The molecule has 0 aliphatic rings. The van der Waals surface area contributed by atoms with Gasteiger partial charge >= 0.3 is 18.2 Å². The van der Waals surface area contributed by atoms with Gasteiger partial charge in [0.1, 0.15) is 0 Å². The molecule has 0 rings (SSSR count). The summed E-state index contributed by atoms with van der Waals surface area (Å²) < 4.78 is 40.8. The van der Waals surface area contributed by atoms with Crippen molar-refractivity contribution in [2.24, 2.45) is 0 Å². The third-order valence-electron chi connectivity index (χ3n) is 2.14. The second kappa shape index (κ2) is 7.82. The highest BCUT2D eigenvalue weighted by atomic mass is 19.4. The van der Waals surface area contributed by atoms with Gasteiger partial charge in [-0.05, 0) is 6.92 Å². The number of carboxylic acid groups (broad SMARTS) is 1. The molecule has 6 nitrogen and oxygen atoms in total. The Kier molecular flexibility index (Phi) is 7.20. The van der Waals surface area contributed by atoms with E-state index in [9.17, 15) is 22.8 Å². The van der Waals surface area contributed by atoms with Crippen LogP contribution in [0.1, 0.15) is 19.8 Å². The van der Waals surface area contributed by atoms with Crippen molar-refractivity contribution in [1.29, 1.82) is 0 Å². The van der Waals surface area contributed by atoms with E-state index < -0.39 is 36.7 Å². The van der Waals surface area contributed by atoms with Gasteiger partial charge in [-0.15, -0.1) is 0 Å². The number of amides is 2. The molecule has 0 spiro atoms. The van der Waals surface area contributed by atoms with E-state index in [1.807, 2.05) is 0 Å². The third kappa shape index (κ3) is 10.1. The molecule has 2 unspecified atom stereocenters. The van der Waals surface area contributed by atoms with E-state index in [1.165, 1.54) is 14.0 Å². The van der Waals surface area contributed by atoms with Gasteiger partial charge in [0.25, 0.3) is 0 Å². The highest BCUT2D eigenvalue weighted by Gasteiger charge is 2.30. The number of urea groups is 1. The van der Waals surface area contributed by atoms with E-state index >= 15 is 0 Å². The molecule has 0 aliphatic heterocycles. The predicted octanol–water partition coefficient (Wildman–Crippen LogP) is 1.12.